The summed E-state index contributed by atoms with van der Waals surface area (Å²) in [7, 11) is 0. The van der Waals surface area contributed by atoms with E-state index in [0.717, 1.165) is 30.6 Å². The van der Waals surface area contributed by atoms with E-state index < -0.39 is 5.54 Å². The average Bonchev–Trinajstić information content (AvgIpc) is 2.69. The molecule has 2 nitrogen and oxygen atoms in total. The van der Waals surface area contributed by atoms with Gasteiger partial charge < -0.3 is 10.8 Å². The van der Waals surface area contributed by atoms with Gasteiger partial charge in [-0.3, -0.25) is 0 Å². The maximum Gasteiger partial charge on any atom is 0.0720 e. The average molecular weight is 428 g/mol. The van der Waals surface area contributed by atoms with Gasteiger partial charge in [-0.1, -0.05) is 53.2 Å². The highest BCUT2D eigenvalue weighted by Gasteiger charge is 2.68. The standard InChI is InChI=1S/C29H49NO/c1-18-10-13-25(3)16-17-27(5)20(24(25)19(18)2)8-9-21-26(4)14-12-23(31)29(7,30)22(26)11-15-28(21,27)6/h8,18-19,21-24,31H,9-17,30H2,1-7H3/t18-,19+,21-,22-,23+,24+,25-,26-,27-,28-,29-/m1/s1. The van der Waals surface area contributed by atoms with E-state index in [1.54, 1.807) is 0 Å². The third-order valence-corrected chi connectivity index (χ3v) is 13.1. The van der Waals surface area contributed by atoms with E-state index in [9.17, 15) is 5.11 Å². The molecule has 0 aromatic carbocycles. The molecule has 31 heavy (non-hydrogen) atoms. The summed E-state index contributed by atoms with van der Waals surface area (Å²) >= 11 is 0. The van der Waals surface area contributed by atoms with Gasteiger partial charge in [0.2, 0.25) is 0 Å². The van der Waals surface area contributed by atoms with E-state index in [1.807, 2.05) is 5.57 Å². The largest absolute Gasteiger partial charge is 0.391 e. The summed E-state index contributed by atoms with van der Waals surface area (Å²) in [5.74, 6) is 3.53. The van der Waals surface area contributed by atoms with Crippen LogP contribution >= 0.6 is 0 Å². The highest BCUT2D eigenvalue weighted by atomic mass is 16.3. The molecule has 5 aliphatic carbocycles. The van der Waals surface area contributed by atoms with Gasteiger partial charge in [0.05, 0.1) is 6.10 Å². The Morgan fingerprint density at radius 3 is 2.29 bits per heavy atom. The Morgan fingerprint density at radius 1 is 0.871 bits per heavy atom. The molecule has 4 fully saturated rings. The predicted octanol–water partition coefficient (Wildman–Crippen LogP) is 6.72. The fraction of sp³-hybridized carbons (Fsp3) is 0.931. The molecule has 5 aliphatic rings. The summed E-state index contributed by atoms with van der Waals surface area (Å²) < 4.78 is 0. The van der Waals surface area contributed by atoms with Gasteiger partial charge in [0.25, 0.3) is 0 Å². The molecule has 0 aromatic heterocycles. The summed E-state index contributed by atoms with van der Waals surface area (Å²) in [6, 6.07) is 0. The summed E-state index contributed by atoms with van der Waals surface area (Å²) in [6.07, 6.45) is 13.7. The molecule has 0 unspecified atom stereocenters. The van der Waals surface area contributed by atoms with Gasteiger partial charge in [0.15, 0.2) is 0 Å². The molecule has 0 aromatic rings. The van der Waals surface area contributed by atoms with Crippen LogP contribution in [-0.2, 0) is 0 Å². The quantitative estimate of drug-likeness (QED) is 0.422. The monoisotopic (exact) mass is 427 g/mol. The molecule has 0 radical (unpaired) electrons. The lowest BCUT2D eigenvalue weighted by Gasteiger charge is -2.71. The fourth-order valence-corrected chi connectivity index (χ4v) is 10.6. The zero-order valence-corrected chi connectivity index (χ0v) is 21.4. The minimum Gasteiger partial charge on any atom is -0.391 e. The summed E-state index contributed by atoms with van der Waals surface area (Å²) in [5, 5.41) is 10.8. The molecule has 4 saturated carbocycles. The summed E-state index contributed by atoms with van der Waals surface area (Å²) in [6.45, 7) is 17.7. The SMILES string of the molecule is C[C@H]1[C@H](C)CC[C@]2(C)CC[C@]3(C)C(=CC[C@@H]4[C@@]5(C)CC[C@H](O)[C@](C)(N)[C@@H]5CC[C@]43C)[C@H]12. The van der Waals surface area contributed by atoms with E-state index in [-0.39, 0.29) is 11.5 Å². The first kappa shape index (κ1) is 22.5. The Kier molecular flexibility index (Phi) is 4.80. The van der Waals surface area contributed by atoms with Crippen molar-refractivity contribution in [1.82, 2.24) is 0 Å². The van der Waals surface area contributed by atoms with Gasteiger partial charge in [0, 0.05) is 5.54 Å². The molecule has 176 valence electrons. The molecule has 2 heteroatoms. The number of fused-ring (bicyclic) bond motifs is 7. The highest BCUT2D eigenvalue weighted by molar-refractivity contribution is 5.34. The van der Waals surface area contributed by atoms with Crippen LogP contribution in [0.1, 0.15) is 106 Å². The number of rotatable bonds is 0. The van der Waals surface area contributed by atoms with Crippen LogP contribution < -0.4 is 5.73 Å². The number of aliphatic hydroxyl groups excluding tert-OH is 1. The molecular formula is C29H49NO. The van der Waals surface area contributed by atoms with Crippen LogP contribution in [0.25, 0.3) is 0 Å². The molecule has 3 N–H and O–H groups in total. The first-order valence-electron chi connectivity index (χ1n) is 13.5. The Bertz CT molecular complexity index is 786. The first-order valence-corrected chi connectivity index (χ1v) is 13.5. The van der Waals surface area contributed by atoms with Gasteiger partial charge in [0.1, 0.15) is 0 Å². The number of nitrogens with two attached hydrogens (primary N) is 1. The molecule has 11 atom stereocenters. The molecule has 5 rings (SSSR count). The summed E-state index contributed by atoms with van der Waals surface area (Å²) in [4.78, 5) is 0. The first-order chi connectivity index (χ1) is 14.3. The van der Waals surface area contributed by atoms with Crippen molar-refractivity contribution in [2.45, 2.75) is 118 Å². The van der Waals surface area contributed by atoms with Crippen molar-refractivity contribution in [2.24, 2.45) is 57.0 Å². The van der Waals surface area contributed by atoms with Crippen molar-refractivity contribution in [3.05, 3.63) is 11.6 Å². The van der Waals surface area contributed by atoms with E-state index in [1.165, 1.54) is 44.9 Å². The lowest BCUT2D eigenvalue weighted by Crippen LogP contribution is -2.69. The number of hydrogen-bond acceptors (Lipinski definition) is 2. The topological polar surface area (TPSA) is 46.2 Å². The Morgan fingerprint density at radius 2 is 1.58 bits per heavy atom. The number of aliphatic hydroxyl groups is 1. The van der Waals surface area contributed by atoms with Gasteiger partial charge in [-0.15, -0.1) is 0 Å². The fourth-order valence-electron chi connectivity index (χ4n) is 10.6. The zero-order valence-electron chi connectivity index (χ0n) is 21.4. The minimum absolute atomic E-state index is 0.243. The Labute approximate surface area is 191 Å². The summed E-state index contributed by atoms with van der Waals surface area (Å²) in [5.41, 5.74) is 9.69. The van der Waals surface area contributed by atoms with Gasteiger partial charge in [-0.25, -0.2) is 0 Å². The third kappa shape index (κ3) is 2.64. The van der Waals surface area contributed by atoms with Crippen molar-refractivity contribution in [3.8, 4) is 0 Å². The molecule has 0 amide bonds. The van der Waals surface area contributed by atoms with Crippen LogP contribution in [0.3, 0.4) is 0 Å². The zero-order chi connectivity index (χ0) is 22.6. The maximum atomic E-state index is 10.8. The smallest absolute Gasteiger partial charge is 0.0720 e. The Hall–Kier alpha value is -0.340. The van der Waals surface area contributed by atoms with Crippen LogP contribution in [0.2, 0.25) is 0 Å². The lowest BCUT2D eigenvalue weighted by atomic mass is 9.34. The maximum absolute atomic E-state index is 10.8. The minimum atomic E-state index is -0.447. The van der Waals surface area contributed by atoms with E-state index in [2.05, 4.69) is 54.5 Å². The molecular weight excluding hydrogens is 378 g/mol. The molecule has 0 heterocycles. The molecule has 0 bridgehead atoms. The Balaban J connectivity index is 1.59. The van der Waals surface area contributed by atoms with Crippen molar-refractivity contribution in [3.63, 3.8) is 0 Å². The van der Waals surface area contributed by atoms with Crippen molar-refractivity contribution >= 4 is 0 Å². The molecule has 0 aliphatic heterocycles. The van der Waals surface area contributed by atoms with Gasteiger partial charge in [-0.05, 0) is 116 Å². The van der Waals surface area contributed by atoms with Gasteiger partial charge >= 0.3 is 0 Å². The van der Waals surface area contributed by atoms with Crippen molar-refractivity contribution in [1.29, 1.82) is 0 Å². The number of allylic oxidation sites excluding steroid dienone is 2. The van der Waals surface area contributed by atoms with Crippen LogP contribution in [0, 0.1) is 51.2 Å². The van der Waals surface area contributed by atoms with Crippen LogP contribution in [-0.4, -0.2) is 16.7 Å². The van der Waals surface area contributed by atoms with E-state index in [0.29, 0.717) is 28.1 Å². The second-order valence-electron chi connectivity index (χ2n) is 14.2. The van der Waals surface area contributed by atoms with Crippen molar-refractivity contribution < 1.29 is 5.11 Å². The molecule has 0 saturated heterocycles. The van der Waals surface area contributed by atoms with E-state index in [4.69, 9.17) is 5.73 Å². The van der Waals surface area contributed by atoms with Crippen LogP contribution in [0.15, 0.2) is 11.6 Å². The van der Waals surface area contributed by atoms with Crippen molar-refractivity contribution in [2.75, 3.05) is 0 Å². The normalized spacial score (nSPS) is 61.4. The highest BCUT2D eigenvalue weighted by Crippen LogP contribution is 2.74. The third-order valence-electron chi connectivity index (χ3n) is 13.1. The van der Waals surface area contributed by atoms with Crippen LogP contribution in [0.4, 0.5) is 0 Å². The predicted molar refractivity (Wildman–Crippen MR) is 129 cm³/mol. The second-order valence-corrected chi connectivity index (χ2v) is 14.2. The van der Waals surface area contributed by atoms with Gasteiger partial charge in [-0.2, -0.15) is 0 Å². The molecule has 0 spiro atoms. The lowest BCUT2D eigenvalue weighted by molar-refractivity contribution is -0.186. The van der Waals surface area contributed by atoms with E-state index >= 15 is 0 Å². The number of hydrogen-bond donors (Lipinski definition) is 2. The second kappa shape index (κ2) is 6.62. The van der Waals surface area contributed by atoms with Crippen LogP contribution in [0.5, 0.6) is 0 Å².